The first-order chi connectivity index (χ1) is 9.19. The summed E-state index contributed by atoms with van der Waals surface area (Å²) in [5.41, 5.74) is 3.54. The van der Waals surface area contributed by atoms with Crippen molar-refractivity contribution in [2.45, 2.75) is 33.4 Å². The van der Waals surface area contributed by atoms with E-state index in [0.717, 1.165) is 31.6 Å². The van der Waals surface area contributed by atoms with Crippen LogP contribution in [0.3, 0.4) is 0 Å². The zero-order valence-corrected chi connectivity index (χ0v) is 11.6. The van der Waals surface area contributed by atoms with Crippen molar-refractivity contribution >= 4 is 0 Å². The number of nitrogens with zero attached hydrogens (tertiary/aromatic N) is 1. The van der Waals surface area contributed by atoms with Crippen molar-refractivity contribution in [2.24, 2.45) is 0 Å². The van der Waals surface area contributed by atoms with E-state index in [-0.39, 0.29) is 5.82 Å². The van der Waals surface area contributed by atoms with Gasteiger partial charge in [0.15, 0.2) is 0 Å². The molecule has 2 nitrogen and oxygen atoms in total. The fraction of sp³-hybridized carbons (Fsp3) is 0.375. The van der Waals surface area contributed by atoms with Gasteiger partial charge in [-0.2, -0.15) is 0 Å². The first kappa shape index (κ1) is 13.8. The van der Waals surface area contributed by atoms with E-state index in [2.05, 4.69) is 35.3 Å². The zero-order chi connectivity index (χ0) is 13.7. The standard InChI is InChI=1S/C16H21FN2/c1-3-19-9-7-14(12-19)11-18-8-6-15-4-5-16(17)10-13(15)2/h4-5,7,9-10,12,18H,3,6,8,11H2,1-2H3. The molecule has 0 amide bonds. The topological polar surface area (TPSA) is 17.0 Å². The van der Waals surface area contributed by atoms with Gasteiger partial charge in [-0.15, -0.1) is 0 Å². The Morgan fingerprint density at radius 3 is 2.79 bits per heavy atom. The number of hydrogen-bond donors (Lipinski definition) is 1. The molecule has 0 unspecified atom stereocenters. The second kappa shape index (κ2) is 6.53. The van der Waals surface area contributed by atoms with Crippen LogP contribution in [0.25, 0.3) is 0 Å². The van der Waals surface area contributed by atoms with E-state index in [9.17, 15) is 4.39 Å². The molecule has 3 heteroatoms. The van der Waals surface area contributed by atoms with E-state index >= 15 is 0 Å². The number of benzene rings is 1. The molecular formula is C16H21FN2. The van der Waals surface area contributed by atoms with E-state index in [1.165, 1.54) is 17.2 Å². The van der Waals surface area contributed by atoms with Gasteiger partial charge in [0, 0.05) is 25.5 Å². The lowest BCUT2D eigenvalue weighted by atomic mass is 10.1. The molecule has 0 spiro atoms. The summed E-state index contributed by atoms with van der Waals surface area (Å²) in [5, 5.41) is 3.42. The first-order valence-electron chi connectivity index (χ1n) is 6.79. The Morgan fingerprint density at radius 2 is 2.11 bits per heavy atom. The average Bonchev–Trinajstić information content (AvgIpc) is 2.84. The van der Waals surface area contributed by atoms with E-state index in [4.69, 9.17) is 0 Å². The van der Waals surface area contributed by atoms with Crippen LogP contribution in [0.2, 0.25) is 0 Å². The largest absolute Gasteiger partial charge is 0.354 e. The highest BCUT2D eigenvalue weighted by Crippen LogP contribution is 2.10. The van der Waals surface area contributed by atoms with Crippen LogP contribution in [0.15, 0.2) is 36.7 Å². The molecule has 1 aromatic carbocycles. The van der Waals surface area contributed by atoms with E-state index in [1.54, 1.807) is 6.07 Å². The molecule has 0 atom stereocenters. The molecule has 1 heterocycles. The SMILES string of the molecule is CCn1ccc(CNCCc2ccc(F)cc2C)c1. The molecule has 1 aromatic heterocycles. The maximum Gasteiger partial charge on any atom is 0.123 e. The minimum Gasteiger partial charge on any atom is -0.354 e. The fourth-order valence-corrected chi connectivity index (χ4v) is 2.19. The number of halogens is 1. The van der Waals surface area contributed by atoms with Crippen LogP contribution in [0, 0.1) is 12.7 Å². The van der Waals surface area contributed by atoms with E-state index < -0.39 is 0 Å². The third-order valence-corrected chi connectivity index (χ3v) is 3.38. The van der Waals surface area contributed by atoms with Crippen molar-refractivity contribution in [3.05, 3.63) is 59.2 Å². The van der Waals surface area contributed by atoms with E-state index in [1.807, 2.05) is 13.0 Å². The molecule has 19 heavy (non-hydrogen) atoms. The highest BCUT2D eigenvalue weighted by atomic mass is 19.1. The van der Waals surface area contributed by atoms with Crippen LogP contribution >= 0.6 is 0 Å². The van der Waals surface area contributed by atoms with Crippen LogP contribution in [0.4, 0.5) is 4.39 Å². The quantitative estimate of drug-likeness (QED) is 0.789. The van der Waals surface area contributed by atoms with Gasteiger partial charge < -0.3 is 9.88 Å². The second-order valence-corrected chi connectivity index (χ2v) is 4.85. The molecular weight excluding hydrogens is 239 g/mol. The molecule has 0 aliphatic rings. The van der Waals surface area contributed by atoms with Gasteiger partial charge in [-0.05, 0) is 61.7 Å². The summed E-state index contributed by atoms with van der Waals surface area (Å²) in [7, 11) is 0. The van der Waals surface area contributed by atoms with Crippen LogP contribution in [-0.4, -0.2) is 11.1 Å². The Balaban J connectivity index is 1.77. The molecule has 0 aliphatic heterocycles. The Morgan fingerprint density at radius 1 is 1.26 bits per heavy atom. The van der Waals surface area contributed by atoms with Crippen molar-refractivity contribution in [3.8, 4) is 0 Å². The number of hydrogen-bond acceptors (Lipinski definition) is 1. The lowest BCUT2D eigenvalue weighted by Gasteiger charge is -2.07. The molecule has 102 valence electrons. The van der Waals surface area contributed by atoms with Gasteiger partial charge in [0.2, 0.25) is 0 Å². The monoisotopic (exact) mass is 260 g/mol. The smallest absolute Gasteiger partial charge is 0.123 e. The number of nitrogens with one attached hydrogen (secondary N) is 1. The Labute approximate surface area is 114 Å². The summed E-state index contributed by atoms with van der Waals surface area (Å²) in [6.07, 6.45) is 5.19. The molecule has 2 aromatic rings. The van der Waals surface area contributed by atoms with Gasteiger partial charge in [0.05, 0.1) is 0 Å². The maximum absolute atomic E-state index is 13.0. The van der Waals surface area contributed by atoms with Crippen molar-refractivity contribution in [2.75, 3.05) is 6.54 Å². The molecule has 0 aliphatic carbocycles. The minimum absolute atomic E-state index is 0.157. The van der Waals surface area contributed by atoms with Gasteiger partial charge in [-0.3, -0.25) is 0 Å². The average molecular weight is 260 g/mol. The van der Waals surface area contributed by atoms with Gasteiger partial charge in [0.25, 0.3) is 0 Å². The summed E-state index contributed by atoms with van der Waals surface area (Å²) >= 11 is 0. The maximum atomic E-state index is 13.0. The summed E-state index contributed by atoms with van der Waals surface area (Å²) in [6, 6.07) is 7.14. The normalized spacial score (nSPS) is 10.9. The lowest BCUT2D eigenvalue weighted by molar-refractivity contribution is 0.624. The Bertz CT molecular complexity index is 531. The number of rotatable bonds is 6. The van der Waals surface area contributed by atoms with E-state index in [0.29, 0.717) is 0 Å². The molecule has 0 fully saturated rings. The minimum atomic E-state index is -0.157. The van der Waals surface area contributed by atoms with Crippen LogP contribution in [0.5, 0.6) is 0 Å². The number of aromatic nitrogens is 1. The zero-order valence-electron chi connectivity index (χ0n) is 11.6. The third kappa shape index (κ3) is 3.93. The molecule has 0 saturated carbocycles. The molecule has 1 N–H and O–H groups in total. The van der Waals surface area contributed by atoms with Crippen molar-refractivity contribution in [1.82, 2.24) is 9.88 Å². The summed E-state index contributed by atoms with van der Waals surface area (Å²) in [5.74, 6) is -0.157. The first-order valence-corrected chi connectivity index (χ1v) is 6.79. The van der Waals surface area contributed by atoms with Gasteiger partial charge >= 0.3 is 0 Å². The summed E-state index contributed by atoms with van der Waals surface area (Å²) in [4.78, 5) is 0. The predicted octanol–water partition coefficient (Wildman–Crippen LogP) is 3.29. The Hall–Kier alpha value is -1.61. The van der Waals surface area contributed by atoms with Crippen molar-refractivity contribution < 1.29 is 4.39 Å². The summed E-state index contributed by atoms with van der Waals surface area (Å²) in [6.45, 7) is 6.89. The van der Waals surface area contributed by atoms with Crippen molar-refractivity contribution in [1.29, 1.82) is 0 Å². The molecule has 2 rings (SSSR count). The Kier molecular flexibility index (Phi) is 4.74. The predicted molar refractivity (Wildman–Crippen MR) is 76.7 cm³/mol. The fourth-order valence-electron chi connectivity index (χ4n) is 2.19. The van der Waals surface area contributed by atoms with Gasteiger partial charge in [-0.1, -0.05) is 6.07 Å². The lowest BCUT2D eigenvalue weighted by Crippen LogP contribution is -2.16. The second-order valence-electron chi connectivity index (χ2n) is 4.85. The highest BCUT2D eigenvalue weighted by molar-refractivity contribution is 5.26. The van der Waals surface area contributed by atoms with Gasteiger partial charge in [-0.25, -0.2) is 4.39 Å². The van der Waals surface area contributed by atoms with Crippen LogP contribution < -0.4 is 5.32 Å². The molecule has 0 radical (unpaired) electrons. The van der Waals surface area contributed by atoms with Crippen molar-refractivity contribution in [3.63, 3.8) is 0 Å². The molecule has 0 saturated heterocycles. The number of aryl methyl sites for hydroxylation is 2. The van der Waals surface area contributed by atoms with Crippen LogP contribution in [-0.2, 0) is 19.5 Å². The molecule has 0 bridgehead atoms. The third-order valence-electron chi connectivity index (χ3n) is 3.38. The van der Waals surface area contributed by atoms with Crippen LogP contribution in [0.1, 0.15) is 23.6 Å². The summed E-state index contributed by atoms with van der Waals surface area (Å²) < 4.78 is 15.1. The highest BCUT2D eigenvalue weighted by Gasteiger charge is 2.00. The van der Waals surface area contributed by atoms with Gasteiger partial charge in [0.1, 0.15) is 5.82 Å².